The summed E-state index contributed by atoms with van der Waals surface area (Å²) in [6, 6.07) is 16.6. The summed E-state index contributed by atoms with van der Waals surface area (Å²) in [5, 5.41) is 15.4. The molecule has 2 amide bonds. The van der Waals surface area contributed by atoms with Gasteiger partial charge in [-0.05, 0) is 63.5 Å². The number of benzene rings is 2. The summed E-state index contributed by atoms with van der Waals surface area (Å²) in [5.74, 6) is 0.617. The lowest BCUT2D eigenvalue weighted by Gasteiger charge is -2.48. The third-order valence-electron chi connectivity index (χ3n) is 7.46. The Morgan fingerprint density at radius 1 is 1.12 bits per heavy atom. The Bertz CT molecular complexity index is 1130. The van der Waals surface area contributed by atoms with Crippen molar-refractivity contribution in [2.75, 3.05) is 44.0 Å². The van der Waals surface area contributed by atoms with Crippen molar-refractivity contribution in [2.45, 2.75) is 36.8 Å². The number of aromatic amines is 1. The molecule has 3 aromatic rings. The Kier molecular flexibility index (Phi) is 5.50. The number of imidazole rings is 1. The maximum atomic E-state index is 13.0. The number of nitrogens with one attached hydrogen (secondary N) is 3. The fourth-order valence-electron chi connectivity index (χ4n) is 5.51. The summed E-state index contributed by atoms with van der Waals surface area (Å²) >= 11 is 0. The van der Waals surface area contributed by atoms with E-state index in [0.717, 1.165) is 42.4 Å². The minimum atomic E-state index is -0.206. The van der Waals surface area contributed by atoms with Gasteiger partial charge in [0.05, 0.1) is 29.7 Å². The minimum Gasteiger partial charge on any atom is -0.395 e. The molecule has 1 aliphatic heterocycles. The molecule has 8 nitrogen and oxygen atoms in total. The molecule has 0 atom stereocenters. The topological polar surface area (TPSA) is 96.5 Å². The Morgan fingerprint density at radius 2 is 1.88 bits per heavy atom. The van der Waals surface area contributed by atoms with Crippen molar-refractivity contribution in [3.05, 3.63) is 54.1 Å². The first-order valence-electron chi connectivity index (χ1n) is 11.6. The lowest BCUT2D eigenvalue weighted by atomic mass is 9.69. The maximum absolute atomic E-state index is 13.0. The molecule has 0 bridgehead atoms. The van der Waals surface area contributed by atoms with Crippen molar-refractivity contribution in [3.63, 3.8) is 0 Å². The molecule has 174 valence electrons. The van der Waals surface area contributed by atoms with Gasteiger partial charge in [0.25, 0.3) is 0 Å². The van der Waals surface area contributed by atoms with E-state index < -0.39 is 0 Å². The van der Waals surface area contributed by atoms with Crippen LogP contribution in [0.25, 0.3) is 11.0 Å². The molecule has 1 saturated heterocycles. The quantitative estimate of drug-likeness (QED) is 0.464. The SMILES string of the molecule is CN(C)C1(c2ccccc2)CCC2(CC1)CN(c1ccc3nc(NCCO)[nH]c3c1)C(=O)N2. The van der Waals surface area contributed by atoms with Crippen molar-refractivity contribution >= 4 is 28.7 Å². The van der Waals surface area contributed by atoms with E-state index in [1.54, 1.807) is 0 Å². The van der Waals surface area contributed by atoms with Crippen molar-refractivity contribution in [2.24, 2.45) is 0 Å². The third-order valence-corrected chi connectivity index (χ3v) is 7.46. The van der Waals surface area contributed by atoms with Gasteiger partial charge in [0.2, 0.25) is 5.95 Å². The molecule has 1 spiro atoms. The normalized spacial score (nSPS) is 25.2. The second-order valence-corrected chi connectivity index (χ2v) is 9.53. The zero-order valence-corrected chi connectivity index (χ0v) is 19.3. The van der Waals surface area contributed by atoms with Gasteiger partial charge in [-0.1, -0.05) is 30.3 Å². The van der Waals surface area contributed by atoms with Crippen LogP contribution in [-0.4, -0.2) is 65.3 Å². The van der Waals surface area contributed by atoms with Crippen LogP contribution >= 0.6 is 0 Å². The first-order chi connectivity index (χ1) is 15.9. The van der Waals surface area contributed by atoms with Crippen LogP contribution in [0.3, 0.4) is 0 Å². The Balaban J connectivity index is 1.34. The van der Waals surface area contributed by atoms with E-state index in [9.17, 15) is 4.79 Å². The number of carbonyl (C=O) groups excluding carboxylic acids is 1. The van der Waals surface area contributed by atoms with Gasteiger partial charge in [-0.2, -0.15) is 0 Å². The van der Waals surface area contributed by atoms with Crippen LogP contribution in [-0.2, 0) is 5.54 Å². The Morgan fingerprint density at radius 3 is 2.58 bits per heavy atom. The predicted molar refractivity (Wildman–Crippen MR) is 131 cm³/mol. The average Bonchev–Trinajstić information content (AvgIpc) is 3.38. The molecule has 0 unspecified atom stereocenters. The number of nitrogens with zero attached hydrogens (tertiary/aromatic N) is 3. The van der Waals surface area contributed by atoms with E-state index in [2.05, 4.69) is 69.9 Å². The number of hydrogen-bond donors (Lipinski definition) is 4. The predicted octanol–water partition coefficient (Wildman–Crippen LogP) is 3.27. The van der Waals surface area contributed by atoms with Crippen molar-refractivity contribution in [3.8, 4) is 0 Å². The molecule has 1 saturated carbocycles. The van der Waals surface area contributed by atoms with Crippen LogP contribution in [0.4, 0.5) is 16.4 Å². The molecule has 33 heavy (non-hydrogen) atoms. The number of aliphatic hydroxyl groups excluding tert-OH is 1. The van der Waals surface area contributed by atoms with Crippen LogP contribution < -0.4 is 15.5 Å². The maximum Gasteiger partial charge on any atom is 0.322 e. The summed E-state index contributed by atoms with van der Waals surface area (Å²) in [5.41, 5.74) is 3.69. The van der Waals surface area contributed by atoms with Crippen LogP contribution in [0.15, 0.2) is 48.5 Å². The second-order valence-electron chi connectivity index (χ2n) is 9.53. The summed E-state index contributed by atoms with van der Waals surface area (Å²) in [4.78, 5) is 24.9. The zero-order valence-electron chi connectivity index (χ0n) is 19.3. The molecule has 2 aromatic carbocycles. The van der Waals surface area contributed by atoms with E-state index in [-0.39, 0.29) is 23.7 Å². The van der Waals surface area contributed by atoms with Gasteiger partial charge < -0.3 is 20.7 Å². The smallest absolute Gasteiger partial charge is 0.322 e. The van der Waals surface area contributed by atoms with E-state index in [1.165, 1.54) is 5.56 Å². The number of carbonyl (C=O) groups is 1. The van der Waals surface area contributed by atoms with Crippen LogP contribution in [0.5, 0.6) is 0 Å². The summed E-state index contributed by atoms with van der Waals surface area (Å²) in [6.45, 7) is 1.14. The van der Waals surface area contributed by atoms with Gasteiger partial charge in [-0.3, -0.25) is 9.80 Å². The highest BCUT2D eigenvalue weighted by atomic mass is 16.3. The van der Waals surface area contributed by atoms with Gasteiger partial charge in [-0.25, -0.2) is 9.78 Å². The monoisotopic (exact) mass is 448 g/mol. The minimum absolute atomic E-state index is 0.00252. The number of rotatable bonds is 6. The lowest BCUT2D eigenvalue weighted by molar-refractivity contribution is 0.0658. The van der Waals surface area contributed by atoms with E-state index in [1.807, 2.05) is 23.1 Å². The van der Waals surface area contributed by atoms with Gasteiger partial charge in [0.15, 0.2) is 0 Å². The molecule has 8 heteroatoms. The molecule has 1 aliphatic carbocycles. The molecule has 2 heterocycles. The number of H-pyrrole nitrogens is 1. The molecule has 2 aliphatic rings. The van der Waals surface area contributed by atoms with Crippen LogP contribution in [0, 0.1) is 0 Å². The molecule has 2 fully saturated rings. The number of anilines is 2. The van der Waals surface area contributed by atoms with Gasteiger partial charge in [0.1, 0.15) is 0 Å². The van der Waals surface area contributed by atoms with Gasteiger partial charge in [0, 0.05) is 17.8 Å². The van der Waals surface area contributed by atoms with Gasteiger partial charge >= 0.3 is 6.03 Å². The first-order valence-corrected chi connectivity index (χ1v) is 11.6. The number of hydrogen-bond acceptors (Lipinski definition) is 5. The van der Waals surface area contributed by atoms with Gasteiger partial charge in [-0.15, -0.1) is 0 Å². The summed E-state index contributed by atoms with van der Waals surface area (Å²) < 4.78 is 0. The average molecular weight is 449 g/mol. The number of aliphatic hydroxyl groups is 1. The van der Waals surface area contributed by atoms with Crippen molar-refractivity contribution in [1.29, 1.82) is 0 Å². The zero-order chi connectivity index (χ0) is 23.1. The molecule has 4 N–H and O–H groups in total. The first kappa shape index (κ1) is 21.7. The molecule has 5 rings (SSSR count). The molecular formula is C25H32N6O2. The third kappa shape index (κ3) is 3.83. The fraction of sp³-hybridized carbons (Fsp3) is 0.440. The van der Waals surface area contributed by atoms with Crippen LogP contribution in [0.1, 0.15) is 31.2 Å². The molecule has 0 radical (unpaired) electrons. The highest BCUT2D eigenvalue weighted by Gasteiger charge is 2.50. The van der Waals surface area contributed by atoms with Crippen molar-refractivity contribution in [1.82, 2.24) is 20.2 Å². The lowest BCUT2D eigenvalue weighted by Crippen LogP contribution is -2.54. The molecular weight excluding hydrogens is 416 g/mol. The van der Waals surface area contributed by atoms with E-state index in [0.29, 0.717) is 19.0 Å². The standard InChI is InChI=1S/C25H32N6O2/c1-30(2)25(18-6-4-3-5-7-18)12-10-24(11-13-25)17-31(23(33)29-24)19-8-9-20-21(16-19)28-22(27-20)26-14-15-32/h3-9,16,32H,10-15,17H2,1-2H3,(H,29,33)(H2,26,27,28). The number of urea groups is 1. The highest BCUT2D eigenvalue weighted by molar-refractivity contribution is 5.97. The number of fused-ring (bicyclic) bond motifs is 1. The number of aromatic nitrogens is 2. The van der Waals surface area contributed by atoms with E-state index >= 15 is 0 Å². The Hall–Kier alpha value is -3.10. The molecule has 1 aromatic heterocycles. The fourth-order valence-corrected chi connectivity index (χ4v) is 5.51. The number of amides is 2. The summed E-state index contributed by atoms with van der Waals surface area (Å²) in [6.07, 6.45) is 3.86. The Labute approximate surface area is 194 Å². The largest absolute Gasteiger partial charge is 0.395 e. The highest BCUT2D eigenvalue weighted by Crippen LogP contribution is 2.46. The van der Waals surface area contributed by atoms with Crippen LogP contribution in [0.2, 0.25) is 0 Å². The van der Waals surface area contributed by atoms with E-state index in [4.69, 9.17) is 5.11 Å². The van der Waals surface area contributed by atoms with Crippen molar-refractivity contribution < 1.29 is 9.90 Å². The summed E-state index contributed by atoms with van der Waals surface area (Å²) in [7, 11) is 4.32. The second kappa shape index (κ2) is 8.35.